The summed E-state index contributed by atoms with van der Waals surface area (Å²) in [6.07, 6.45) is 3.79. The number of rotatable bonds is 5. The minimum absolute atomic E-state index is 0.0643. The Kier molecular flexibility index (Phi) is 5.03. The first kappa shape index (κ1) is 16.4. The zero-order valence-electron chi connectivity index (χ0n) is 14.2. The monoisotopic (exact) mass is 328 g/mol. The van der Waals surface area contributed by atoms with E-state index < -0.39 is 0 Å². The van der Waals surface area contributed by atoms with E-state index in [1.165, 1.54) is 0 Å². The number of aromatic nitrogens is 2. The summed E-state index contributed by atoms with van der Waals surface area (Å²) in [6, 6.07) is 9.51. The maximum atomic E-state index is 12.7. The van der Waals surface area contributed by atoms with Crippen LogP contribution in [0, 0.1) is 0 Å². The summed E-state index contributed by atoms with van der Waals surface area (Å²) in [5.41, 5.74) is 1.88. The van der Waals surface area contributed by atoms with Gasteiger partial charge in [-0.25, -0.2) is 4.79 Å². The first-order valence-corrected chi connectivity index (χ1v) is 8.55. The van der Waals surface area contributed by atoms with Crippen LogP contribution in [0.15, 0.2) is 36.5 Å². The lowest BCUT2D eigenvalue weighted by molar-refractivity contribution is 0.204. The summed E-state index contributed by atoms with van der Waals surface area (Å²) in [5.74, 6) is 0.807. The van der Waals surface area contributed by atoms with E-state index in [2.05, 4.69) is 17.3 Å². The van der Waals surface area contributed by atoms with Crippen LogP contribution in [-0.4, -0.2) is 33.9 Å². The number of carbonyl (C=O) groups excluding carboxylic acids is 1. The summed E-state index contributed by atoms with van der Waals surface area (Å²) in [4.78, 5) is 14.6. The van der Waals surface area contributed by atoms with Gasteiger partial charge in [-0.05, 0) is 57.0 Å². The van der Waals surface area contributed by atoms with Crippen LogP contribution >= 0.6 is 0 Å². The molecule has 0 spiro atoms. The fourth-order valence-electron chi connectivity index (χ4n) is 3.20. The standard InChI is InChI=1S/C18H24N4O2/c1-3-22-17(11-12-19-22)16-6-5-13-21(16)18(23)20-14-7-9-15(10-8-14)24-4-2/h7-12,16H,3-6,13H2,1-2H3,(H,20,23)/t16-/m1/s1. The molecule has 0 bridgehead atoms. The van der Waals surface area contributed by atoms with E-state index in [-0.39, 0.29) is 12.1 Å². The van der Waals surface area contributed by atoms with Crippen LogP contribution in [0.5, 0.6) is 5.75 Å². The molecule has 0 unspecified atom stereocenters. The predicted molar refractivity (Wildman–Crippen MR) is 93.2 cm³/mol. The third-order valence-electron chi connectivity index (χ3n) is 4.32. The van der Waals surface area contributed by atoms with Gasteiger partial charge in [0.05, 0.1) is 18.3 Å². The van der Waals surface area contributed by atoms with Crippen LogP contribution in [0.4, 0.5) is 10.5 Å². The average molecular weight is 328 g/mol. The van der Waals surface area contributed by atoms with Crippen LogP contribution in [0.2, 0.25) is 0 Å². The van der Waals surface area contributed by atoms with E-state index in [1.54, 1.807) is 6.20 Å². The lowest BCUT2D eigenvalue weighted by Gasteiger charge is -2.25. The second kappa shape index (κ2) is 7.38. The molecule has 6 heteroatoms. The number of carbonyl (C=O) groups is 1. The number of nitrogens with zero attached hydrogens (tertiary/aromatic N) is 3. The quantitative estimate of drug-likeness (QED) is 0.911. The Labute approximate surface area is 142 Å². The normalized spacial score (nSPS) is 17.1. The van der Waals surface area contributed by atoms with Gasteiger partial charge in [-0.1, -0.05) is 0 Å². The SMILES string of the molecule is CCOc1ccc(NC(=O)N2CCC[C@@H]2c2ccnn2CC)cc1. The second-order valence-electron chi connectivity index (χ2n) is 5.81. The molecule has 0 saturated carbocycles. The van der Waals surface area contributed by atoms with Crippen molar-refractivity contribution in [3.63, 3.8) is 0 Å². The van der Waals surface area contributed by atoms with Gasteiger partial charge in [0.2, 0.25) is 0 Å². The molecule has 3 rings (SSSR count). The first-order valence-electron chi connectivity index (χ1n) is 8.55. The summed E-state index contributed by atoms with van der Waals surface area (Å²) < 4.78 is 7.39. The van der Waals surface area contributed by atoms with E-state index >= 15 is 0 Å². The van der Waals surface area contributed by atoms with Crippen molar-refractivity contribution < 1.29 is 9.53 Å². The van der Waals surface area contributed by atoms with Crippen molar-refractivity contribution in [2.45, 2.75) is 39.3 Å². The maximum Gasteiger partial charge on any atom is 0.322 e. The molecule has 2 amide bonds. The Hall–Kier alpha value is -2.50. The predicted octanol–water partition coefficient (Wildman–Crippen LogP) is 3.67. The molecule has 24 heavy (non-hydrogen) atoms. The van der Waals surface area contributed by atoms with Crippen molar-refractivity contribution in [2.24, 2.45) is 0 Å². The van der Waals surface area contributed by atoms with Crippen molar-refractivity contribution >= 4 is 11.7 Å². The molecule has 2 aromatic rings. The van der Waals surface area contributed by atoms with Crippen molar-refractivity contribution in [3.8, 4) is 5.75 Å². The number of aryl methyl sites for hydroxylation is 1. The summed E-state index contributed by atoms with van der Waals surface area (Å²) >= 11 is 0. The number of benzene rings is 1. The topological polar surface area (TPSA) is 59.4 Å². The molecular formula is C18H24N4O2. The molecule has 0 aliphatic carbocycles. The van der Waals surface area contributed by atoms with Gasteiger partial charge < -0.3 is 15.0 Å². The largest absolute Gasteiger partial charge is 0.494 e. The minimum atomic E-state index is -0.0643. The number of ether oxygens (including phenoxy) is 1. The van der Waals surface area contributed by atoms with E-state index in [4.69, 9.17) is 4.74 Å². The number of amides is 2. The van der Waals surface area contributed by atoms with E-state index in [9.17, 15) is 4.79 Å². The fourth-order valence-corrected chi connectivity index (χ4v) is 3.20. The van der Waals surface area contributed by atoms with Crippen molar-refractivity contribution in [1.29, 1.82) is 0 Å². The third kappa shape index (κ3) is 3.37. The highest BCUT2D eigenvalue weighted by Crippen LogP contribution is 2.32. The van der Waals surface area contributed by atoms with Crippen LogP contribution in [0.25, 0.3) is 0 Å². The van der Waals surface area contributed by atoms with Gasteiger partial charge in [0.1, 0.15) is 5.75 Å². The summed E-state index contributed by atoms with van der Waals surface area (Å²) in [6.45, 7) is 6.22. The Bertz CT molecular complexity index is 681. The second-order valence-corrected chi connectivity index (χ2v) is 5.81. The molecule has 1 fully saturated rings. The molecule has 0 radical (unpaired) electrons. The van der Waals surface area contributed by atoms with Crippen molar-refractivity contribution in [3.05, 3.63) is 42.2 Å². The van der Waals surface area contributed by atoms with Crippen LogP contribution in [0.3, 0.4) is 0 Å². The average Bonchev–Trinajstić information content (AvgIpc) is 3.25. The molecule has 1 atom stereocenters. The first-order chi connectivity index (χ1) is 11.7. The highest BCUT2D eigenvalue weighted by Gasteiger charge is 2.32. The highest BCUT2D eigenvalue weighted by atomic mass is 16.5. The molecule has 2 heterocycles. The van der Waals surface area contributed by atoms with Gasteiger partial charge >= 0.3 is 6.03 Å². The van der Waals surface area contributed by atoms with Gasteiger partial charge in [-0.3, -0.25) is 4.68 Å². The van der Waals surface area contributed by atoms with E-state index in [1.807, 2.05) is 46.8 Å². The van der Waals surface area contributed by atoms with E-state index in [0.717, 1.165) is 43.1 Å². The number of nitrogens with one attached hydrogen (secondary N) is 1. The molecule has 1 aliphatic rings. The van der Waals surface area contributed by atoms with Crippen molar-refractivity contribution in [2.75, 3.05) is 18.5 Å². The molecule has 1 saturated heterocycles. The number of urea groups is 1. The van der Waals surface area contributed by atoms with Gasteiger partial charge in [-0.15, -0.1) is 0 Å². The highest BCUT2D eigenvalue weighted by molar-refractivity contribution is 5.89. The maximum absolute atomic E-state index is 12.7. The molecular weight excluding hydrogens is 304 g/mol. The number of anilines is 1. The number of likely N-dealkylation sites (tertiary alicyclic amines) is 1. The lowest BCUT2D eigenvalue weighted by Crippen LogP contribution is -2.35. The van der Waals surface area contributed by atoms with Crippen molar-refractivity contribution in [1.82, 2.24) is 14.7 Å². The molecule has 1 N–H and O–H groups in total. The lowest BCUT2D eigenvalue weighted by atomic mass is 10.1. The molecule has 128 valence electrons. The zero-order valence-corrected chi connectivity index (χ0v) is 14.2. The number of hydrogen-bond acceptors (Lipinski definition) is 3. The molecule has 6 nitrogen and oxygen atoms in total. The Morgan fingerprint density at radius 1 is 1.29 bits per heavy atom. The smallest absolute Gasteiger partial charge is 0.322 e. The van der Waals surface area contributed by atoms with Gasteiger partial charge in [-0.2, -0.15) is 5.10 Å². The van der Waals surface area contributed by atoms with E-state index in [0.29, 0.717) is 6.61 Å². The van der Waals surface area contributed by atoms with Gasteiger partial charge in [0.25, 0.3) is 0 Å². The van der Waals surface area contributed by atoms with Crippen LogP contribution < -0.4 is 10.1 Å². The Balaban J connectivity index is 1.69. The fraction of sp³-hybridized carbons (Fsp3) is 0.444. The molecule has 1 aromatic carbocycles. The number of hydrogen-bond donors (Lipinski definition) is 1. The van der Waals surface area contributed by atoms with Gasteiger partial charge in [0.15, 0.2) is 0 Å². The summed E-state index contributed by atoms with van der Waals surface area (Å²) in [5, 5.41) is 7.31. The van der Waals surface area contributed by atoms with Crippen LogP contribution in [0.1, 0.15) is 38.4 Å². The third-order valence-corrected chi connectivity index (χ3v) is 4.32. The zero-order chi connectivity index (χ0) is 16.9. The minimum Gasteiger partial charge on any atom is -0.494 e. The Morgan fingerprint density at radius 3 is 2.79 bits per heavy atom. The van der Waals surface area contributed by atoms with Gasteiger partial charge in [0, 0.05) is 25.0 Å². The summed E-state index contributed by atoms with van der Waals surface area (Å²) in [7, 11) is 0. The molecule has 1 aromatic heterocycles. The van der Waals surface area contributed by atoms with Crippen LogP contribution in [-0.2, 0) is 6.54 Å². The molecule has 1 aliphatic heterocycles. The Morgan fingerprint density at radius 2 is 2.08 bits per heavy atom.